The van der Waals surface area contributed by atoms with Crippen molar-refractivity contribution < 1.29 is 9.59 Å². The summed E-state index contributed by atoms with van der Waals surface area (Å²) in [6.07, 6.45) is 0.713. The van der Waals surface area contributed by atoms with Gasteiger partial charge in [0.25, 0.3) is 5.91 Å². The van der Waals surface area contributed by atoms with Crippen LogP contribution in [0.3, 0.4) is 0 Å². The summed E-state index contributed by atoms with van der Waals surface area (Å²) >= 11 is 5.91. The predicted octanol–water partition coefficient (Wildman–Crippen LogP) is 4.24. The van der Waals surface area contributed by atoms with Crippen LogP contribution in [0.4, 0.5) is 0 Å². The minimum atomic E-state index is -0.571. The SMILES string of the molecule is CC(C)(C)CN1C(=O)c2ccccc2C1C(=O)NCCc1ccc(Cl)cc1. The number of benzene rings is 2. The van der Waals surface area contributed by atoms with E-state index in [9.17, 15) is 9.59 Å². The van der Waals surface area contributed by atoms with Crippen LogP contribution in [0.1, 0.15) is 48.3 Å². The Morgan fingerprint density at radius 2 is 1.78 bits per heavy atom. The zero-order valence-electron chi connectivity index (χ0n) is 16.0. The molecule has 3 rings (SSSR count). The Bertz CT molecular complexity index is 840. The van der Waals surface area contributed by atoms with E-state index in [0.29, 0.717) is 30.1 Å². The molecule has 1 atom stereocenters. The Kier molecular flexibility index (Phi) is 5.56. The second-order valence-electron chi connectivity index (χ2n) is 8.15. The van der Waals surface area contributed by atoms with Gasteiger partial charge in [0.2, 0.25) is 5.91 Å². The number of carbonyl (C=O) groups excluding carboxylic acids is 2. The highest BCUT2D eigenvalue weighted by Gasteiger charge is 2.42. The summed E-state index contributed by atoms with van der Waals surface area (Å²) in [6.45, 7) is 7.24. The number of amides is 2. The van der Waals surface area contributed by atoms with Crippen molar-refractivity contribution in [3.05, 3.63) is 70.2 Å². The highest BCUT2D eigenvalue weighted by molar-refractivity contribution is 6.30. The number of hydrogen-bond acceptors (Lipinski definition) is 2. The predicted molar refractivity (Wildman–Crippen MR) is 108 cm³/mol. The zero-order chi connectivity index (χ0) is 19.6. The molecule has 0 aromatic heterocycles. The van der Waals surface area contributed by atoms with Crippen molar-refractivity contribution >= 4 is 23.4 Å². The summed E-state index contributed by atoms with van der Waals surface area (Å²) < 4.78 is 0. The Morgan fingerprint density at radius 1 is 1.11 bits per heavy atom. The van der Waals surface area contributed by atoms with Crippen LogP contribution in [0.15, 0.2) is 48.5 Å². The van der Waals surface area contributed by atoms with Gasteiger partial charge in [-0.05, 0) is 41.2 Å². The van der Waals surface area contributed by atoms with Crippen LogP contribution >= 0.6 is 11.6 Å². The number of halogens is 1. The van der Waals surface area contributed by atoms with E-state index in [0.717, 1.165) is 11.1 Å². The van der Waals surface area contributed by atoms with Crippen molar-refractivity contribution in [2.45, 2.75) is 33.2 Å². The Balaban J connectivity index is 1.73. The molecule has 27 heavy (non-hydrogen) atoms. The molecule has 0 radical (unpaired) electrons. The van der Waals surface area contributed by atoms with Crippen LogP contribution in [-0.4, -0.2) is 29.8 Å². The maximum atomic E-state index is 13.0. The summed E-state index contributed by atoms with van der Waals surface area (Å²) in [7, 11) is 0. The number of nitrogens with zero attached hydrogens (tertiary/aromatic N) is 1. The maximum absolute atomic E-state index is 13.0. The lowest BCUT2D eigenvalue weighted by atomic mass is 9.95. The van der Waals surface area contributed by atoms with Gasteiger partial charge in [0.1, 0.15) is 6.04 Å². The van der Waals surface area contributed by atoms with Crippen molar-refractivity contribution in [2.24, 2.45) is 5.41 Å². The molecule has 0 fully saturated rings. The Morgan fingerprint density at radius 3 is 2.44 bits per heavy atom. The lowest BCUT2D eigenvalue weighted by Crippen LogP contribution is -2.43. The summed E-state index contributed by atoms with van der Waals surface area (Å²) in [5.74, 6) is -0.204. The fourth-order valence-corrected chi connectivity index (χ4v) is 3.53. The van der Waals surface area contributed by atoms with E-state index in [1.165, 1.54) is 0 Å². The largest absolute Gasteiger partial charge is 0.354 e. The van der Waals surface area contributed by atoms with Crippen molar-refractivity contribution in [3.63, 3.8) is 0 Å². The van der Waals surface area contributed by atoms with Crippen LogP contribution in [-0.2, 0) is 11.2 Å². The Labute approximate surface area is 165 Å². The van der Waals surface area contributed by atoms with Gasteiger partial charge in [-0.2, -0.15) is 0 Å². The van der Waals surface area contributed by atoms with E-state index in [-0.39, 0.29) is 17.2 Å². The lowest BCUT2D eigenvalue weighted by Gasteiger charge is -2.31. The molecule has 0 bridgehead atoms. The van der Waals surface area contributed by atoms with Crippen molar-refractivity contribution in [1.29, 1.82) is 0 Å². The molecule has 5 heteroatoms. The van der Waals surface area contributed by atoms with Gasteiger partial charge in [0.05, 0.1) is 0 Å². The molecule has 1 aliphatic rings. The molecule has 2 aromatic carbocycles. The van der Waals surface area contributed by atoms with Gasteiger partial charge in [-0.3, -0.25) is 9.59 Å². The summed E-state index contributed by atoms with van der Waals surface area (Å²) in [5.41, 5.74) is 2.42. The highest BCUT2D eigenvalue weighted by Crippen LogP contribution is 2.35. The van der Waals surface area contributed by atoms with Crippen molar-refractivity contribution in [1.82, 2.24) is 10.2 Å². The topological polar surface area (TPSA) is 49.4 Å². The number of carbonyl (C=O) groups is 2. The van der Waals surface area contributed by atoms with E-state index in [1.807, 2.05) is 42.5 Å². The van der Waals surface area contributed by atoms with E-state index in [2.05, 4.69) is 26.1 Å². The minimum absolute atomic E-state index is 0.0709. The fourth-order valence-electron chi connectivity index (χ4n) is 3.40. The molecular weight excluding hydrogens is 360 g/mol. The molecule has 142 valence electrons. The third-order valence-electron chi connectivity index (χ3n) is 4.58. The number of fused-ring (bicyclic) bond motifs is 1. The minimum Gasteiger partial charge on any atom is -0.354 e. The molecule has 2 aromatic rings. The van der Waals surface area contributed by atoms with E-state index < -0.39 is 6.04 Å². The van der Waals surface area contributed by atoms with Gasteiger partial charge in [-0.15, -0.1) is 0 Å². The van der Waals surface area contributed by atoms with Gasteiger partial charge in [0.15, 0.2) is 0 Å². The molecule has 0 spiro atoms. The van der Waals surface area contributed by atoms with Crippen LogP contribution in [0.5, 0.6) is 0 Å². The third kappa shape index (κ3) is 4.51. The molecule has 4 nitrogen and oxygen atoms in total. The number of hydrogen-bond donors (Lipinski definition) is 1. The lowest BCUT2D eigenvalue weighted by molar-refractivity contribution is -0.125. The first-order chi connectivity index (χ1) is 12.8. The zero-order valence-corrected chi connectivity index (χ0v) is 16.7. The van der Waals surface area contributed by atoms with Crippen molar-refractivity contribution in [3.8, 4) is 0 Å². The number of nitrogens with one attached hydrogen (secondary N) is 1. The highest BCUT2D eigenvalue weighted by atomic mass is 35.5. The first kappa shape index (κ1) is 19.4. The summed E-state index contributed by atoms with van der Waals surface area (Å²) in [5, 5.41) is 3.70. The second-order valence-corrected chi connectivity index (χ2v) is 8.59. The van der Waals surface area contributed by atoms with Gasteiger partial charge in [0, 0.05) is 23.7 Å². The standard InChI is InChI=1S/C22H25ClN2O2/c1-22(2,3)14-25-19(17-6-4-5-7-18(17)21(25)27)20(26)24-13-12-15-8-10-16(23)11-9-15/h4-11,19H,12-14H2,1-3H3,(H,24,26). The van der Waals surface area contributed by atoms with Crippen LogP contribution in [0.25, 0.3) is 0 Å². The van der Waals surface area contributed by atoms with Crippen LogP contribution in [0, 0.1) is 5.41 Å². The average molecular weight is 385 g/mol. The van der Waals surface area contributed by atoms with E-state index >= 15 is 0 Å². The fraction of sp³-hybridized carbons (Fsp3) is 0.364. The normalized spacial score (nSPS) is 16.4. The quantitative estimate of drug-likeness (QED) is 0.838. The molecule has 1 heterocycles. The first-order valence-corrected chi connectivity index (χ1v) is 9.56. The maximum Gasteiger partial charge on any atom is 0.255 e. The van der Waals surface area contributed by atoms with Crippen LogP contribution < -0.4 is 5.32 Å². The van der Waals surface area contributed by atoms with Gasteiger partial charge < -0.3 is 10.2 Å². The van der Waals surface area contributed by atoms with Gasteiger partial charge >= 0.3 is 0 Å². The van der Waals surface area contributed by atoms with E-state index in [4.69, 9.17) is 11.6 Å². The smallest absolute Gasteiger partial charge is 0.255 e. The van der Waals surface area contributed by atoms with Gasteiger partial charge in [-0.25, -0.2) is 0 Å². The van der Waals surface area contributed by atoms with Gasteiger partial charge in [-0.1, -0.05) is 62.7 Å². The molecule has 1 aliphatic heterocycles. The van der Waals surface area contributed by atoms with Crippen LogP contribution in [0.2, 0.25) is 5.02 Å². The Hall–Kier alpha value is -2.33. The molecule has 1 N–H and O–H groups in total. The molecular formula is C22H25ClN2O2. The van der Waals surface area contributed by atoms with Crippen molar-refractivity contribution in [2.75, 3.05) is 13.1 Å². The molecule has 2 amide bonds. The number of rotatable bonds is 5. The molecule has 0 saturated carbocycles. The molecule has 0 aliphatic carbocycles. The average Bonchev–Trinajstić information content (AvgIpc) is 2.88. The third-order valence-corrected chi connectivity index (χ3v) is 4.83. The van der Waals surface area contributed by atoms with E-state index in [1.54, 1.807) is 11.0 Å². The monoisotopic (exact) mass is 384 g/mol. The molecule has 0 saturated heterocycles. The first-order valence-electron chi connectivity index (χ1n) is 9.18. The summed E-state index contributed by atoms with van der Waals surface area (Å²) in [6, 6.07) is 14.4. The summed E-state index contributed by atoms with van der Waals surface area (Å²) in [4.78, 5) is 27.5. The second kappa shape index (κ2) is 7.73. The molecule has 1 unspecified atom stereocenters.